The number of para-hydroxylation sites is 4. The molecule has 0 aliphatic carbocycles. The average molecular weight is 514 g/mol. The zero-order valence-corrected chi connectivity index (χ0v) is 20.6. The molecule has 0 saturated heterocycles. The Morgan fingerprint density at radius 2 is 1.21 bits per heavy atom. The molecular formula is C29H28AlLiN4O3. The maximum atomic E-state index is 11.4. The first-order chi connectivity index (χ1) is 17.6. The van der Waals surface area contributed by atoms with E-state index in [1.807, 2.05) is 84.9 Å². The number of aromatic nitrogens is 4. The number of aliphatic hydroxyl groups excluding tert-OH is 1. The van der Waals surface area contributed by atoms with Crippen molar-refractivity contribution in [3.8, 4) is 22.8 Å². The Labute approximate surface area is 244 Å². The number of carbonyl (C=O) groups excluding carboxylic acids is 1. The molecule has 2 aromatic heterocycles. The standard InChI is InChI=1S/C15H12N2O2.C14H12N2O.Al.Li.4H/c1-19-15(18)11-8-6-10(7-9-11)14-16-12-4-2-3-5-13(12)17-14;17-9-10-5-7-11(8-6-10)14-15-12-3-1-2-4-13(12)16-14;;;;;;/h2-9H,1H3,(H,16,17);1-8,17H,9H2,(H,15,16);;;;;;/q;;;+1;;;;-1. The predicted molar refractivity (Wildman–Crippen MR) is 151 cm³/mol. The molecule has 38 heavy (non-hydrogen) atoms. The van der Waals surface area contributed by atoms with Crippen LogP contribution in [0, 0.1) is 0 Å². The number of hydrogen-bond donors (Lipinski definition) is 3. The number of nitrogens with zero attached hydrogens (tertiary/aromatic N) is 2. The molecule has 186 valence electrons. The molecule has 2 heterocycles. The van der Waals surface area contributed by atoms with E-state index >= 15 is 0 Å². The smallest absolute Gasteiger partial charge is 1.00 e. The monoisotopic (exact) mass is 514 g/mol. The number of hydrogen-bond acceptors (Lipinski definition) is 5. The van der Waals surface area contributed by atoms with Crippen LogP contribution in [-0.2, 0) is 11.3 Å². The van der Waals surface area contributed by atoms with Crippen LogP contribution in [0.4, 0.5) is 0 Å². The average Bonchev–Trinajstić information content (AvgIpc) is 3.58. The summed E-state index contributed by atoms with van der Waals surface area (Å²) in [5.41, 5.74) is 7.32. The number of benzene rings is 4. The van der Waals surface area contributed by atoms with E-state index in [0.717, 1.165) is 50.4 Å². The Hall–Kier alpha value is -3.62. The second-order valence-corrected chi connectivity index (χ2v) is 8.13. The second-order valence-electron chi connectivity index (χ2n) is 8.13. The molecule has 6 rings (SSSR count). The van der Waals surface area contributed by atoms with Crippen molar-refractivity contribution in [1.82, 2.24) is 19.9 Å². The van der Waals surface area contributed by atoms with Gasteiger partial charge in [0.2, 0.25) is 0 Å². The molecule has 0 fully saturated rings. The Morgan fingerprint density at radius 3 is 1.63 bits per heavy atom. The van der Waals surface area contributed by atoms with E-state index < -0.39 is 0 Å². The Kier molecular flexibility index (Phi) is 10.1. The molecule has 0 spiro atoms. The first-order valence-corrected chi connectivity index (χ1v) is 11.4. The van der Waals surface area contributed by atoms with Crippen LogP contribution in [0.2, 0.25) is 0 Å². The van der Waals surface area contributed by atoms with Gasteiger partial charge in [0.15, 0.2) is 17.4 Å². The van der Waals surface area contributed by atoms with E-state index in [4.69, 9.17) is 5.11 Å². The number of H-pyrrole nitrogens is 2. The van der Waals surface area contributed by atoms with Crippen LogP contribution in [0.3, 0.4) is 0 Å². The molecule has 0 amide bonds. The zero-order chi connectivity index (χ0) is 24.9. The fourth-order valence-electron chi connectivity index (χ4n) is 3.83. The number of fused-ring (bicyclic) bond motifs is 2. The van der Waals surface area contributed by atoms with Gasteiger partial charge in [0.05, 0.1) is 41.3 Å². The van der Waals surface area contributed by atoms with Crippen molar-refractivity contribution in [2.75, 3.05) is 7.11 Å². The molecule has 0 aliphatic heterocycles. The molecule has 6 aromatic rings. The van der Waals surface area contributed by atoms with Crippen molar-refractivity contribution < 1.29 is 34.9 Å². The maximum Gasteiger partial charge on any atom is 1.00 e. The third kappa shape index (κ3) is 6.44. The van der Waals surface area contributed by atoms with Crippen molar-refractivity contribution in [2.24, 2.45) is 0 Å². The molecular weight excluding hydrogens is 486 g/mol. The molecule has 0 bridgehead atoms. The molecule has 9 heteroatoms. The fourth-order valence-corrected chi connectivity index (χ4v) is 3.83. The Balaban J connectivity index is 0.000000255. The number of esters is 1. The molecule has 0 atom stereocenters. The van der Waals surface area contributed by atoms with E-state index in [9.17, 15) is 4.79 Å². The van der Waals surface area contributed by atoms with Gasteiger partial charge in [-0.3, -0.25) is 0 Å². The van der Waals surface area contributed by atoms with Gasteiger partial charge in [-0.2, -0.15) is 0 Å². The van der Waals surface area contributed by atoms with E-state index in [0.29, 0.717) is 5.56 Å². The third-order valence-corrected chi connectivity index (χ3v) is 5.77. The molecule has 7 nitrogen and oxygen atoms in total. The second kappa shape index (κ2) is 13.3. The summed E-state index contributed by atoms with van der Waals surface area (Å²) in [4.78, 5) is 26.9. The summed E-state index contributed by atoms with van der Waals surface area (Å²) in [5, 5.41) is 8.99. The summed E-state index contributed by atoms with van der Waals surface area (Å²) in [6, 6.07) is 30.7. The number of carbonyl (C=O) groups is 1. The Morgan fingerprint density at radius 1 is 0.763 bits per heavy atom. The van der Waals surface area contributed by atoms with Crippen LogP contribution in [0.15, 0.2) is 97.1 Å². The quantitative estimate of drug-likeness (QED) is 0.245. The summed E-state index contributed by atoms with van der Waals surface area (Å²) in [6.45, 7) is 0.0699. The number of methoxy groups -OCH3 is 1. The van der Waals surface area contributed by atoms with Gasteiger partial charge in [0, 0.05) is 11.1 Å². The SMILES string of the molecule is COC(=O)c1ccc(-c2nc3ccccc3[nH]2)cc1.OCc1ccc(-c2nc3ccccc3[nH]2)cc1.[AlH3].[H-].[Li+]. The predicted octanol–water partition coefficient (Wildman–Crippen LogP) is 1.67. The van der Waals surface area contributed by atoms with Crippen molar-refractivity contribution in [1.29, 1.82) is 0 Å². The molecule has 0 aliphatic rings. The van der Waals surface area contributed by atoms with Crippen molar-refractivity contribution >= 4 is 45.4 Å². The largest absolute Gasteiger partial charge is 1.00 e. The van der Waals surface area contributed by atoms with E-state index in [1.165, 1.54) is 7.11 Å². The Bertz CT molecular complexity index is 1570. The van der Waals surface area contributed by atoms with Crippen LogP contribution >= 0.6 is 0 Å². The van der Waals surface area contributed by atoms with Gasteiger partial charge >= 0.3 is 24.8 Å². The molecule has 0 unspecified atom stereocenters. The van der Waals surface area contributed by atoms with Crippen molar-refractivity contribution in [3.05, 3.63) is 108 Å². The normalized spacial score (nSPS) is 10.2. The van der Waals surface area contributed by atoms with Crippen LogP contribution in [0.1, 0.15) is 17.3 Å². The number of aromatic amines is 2. The minimum atomic E-state index is -0.337. The molecule has 4 aromatic carbocycles. The van der Waals surface area contributed by atoms with Crippen LogP contribution in [0.5, 0.6) is 0 Å². The first-order valence-electron chi connectivity index (χ1n) is 11.4. The summed E-state index contributed by atoms with van der Waals surface area (Å²) < 4.78 is 4.67. The molecule has 0 saturated carbocycles. The van der Waals surface area contributed by atoms with Gasteiger partial charge < -0.3 is 21.2 Å². The van der Waals surface area contributed by atoms with Gasteiger partial charge in [0.25, 0.3) is 0 Å². The van der Waals surface area contributed by atoms with Crippen LogP contribution in [0.25, 0.3) is 44.8 Å². The summed E-state index contributed by atoms with van der Waals surface area (Å²) >= 11 is 0. The van der Waals surface area contributed by atoms with Crippen LogP contribution < -0.4 is 18.9 Å². The van der Waals surface area contributed by atoms with Gasteiger partial charge in [0.1, 0.15) is 11.6 Å². The summed E-state index contributed by atoms with van der Waals surface area (Å²) in [5.74, 6) is 1.31. The first kappa shape index (κ1) is 28.9. The summed E-state index contributed by atoms with van der Waals surface area (Å²) in [7, 11) is 1.37. The van der Waals surface area contributed by atoms with E-state index in [-0.39, 0.29) is 50.2 Å². The molecule has 0 radical (unpaired) electrons. The fraction of sp³-hybridized carbons (Fsp3) is 0.0690. The number of imidazole rings is 2. The third-order valence-electron chi connectivity index (χ3n) is 5.77. The molecule has 3 N–H and O–H groups in total. The van der Waals surface area contributed by atoms with Crippen molar-refractivity contribution in [2.45, 2.75) is 6.61 Å². The van der Waals surface area contributed by atoms with E-state index in [1.54, 1.807) is 12.1 Å². The van der Waals surface area contributed by atoms with E-state index in [2.05, 4.69) is 24.7 Å². The maximum absolute atomic E-state index is 11.4. The minimum absolute atomic E-state index is 0. The summed E-state index contributed by atoms with van der Waals surface area (Å²) in [6.07, 6.45) is 0. The zero-order valence-electron chi connectivity index (χ0n) is 21.6. The van der Waals surface area contributed by atoms with Gasteiger partial charge in [-0.15, -0.1) is 0 Å². The topological polar surface area (TPSA) is 104 Å². The van der Waals surface area contributed by atoms with Gasteiger partial charge in [-0.1, -0.05) is 60.7 Å². The van der Waals surface area contributed by atoms with Crippen molar-refractivity contribution in [3.63, 3.8) is 0 Å². The number of ether oxygens (including phenoxy) is 1. The van der Waals surface area contributed by atoms with Gasteiger partial charge in [-0.25, -0.2) is 14.8 Å². The van der Waals surface area contributed by atoms with Gasteiger partial charge in [-0.05, 0) is 42.0 Å². The number of aliphatic hydroxyl groups is 1. The minimum Gasteiger partial charge on any atom is -1.00 e. The van der Waals surface area contributed by atoms with Crippen LogP contribution in [-0.4, -0.2) is 55.5 Å². The number of rotatable bonds is 4. The number of nitrogens with one attached hydrogen (secondary N) is 2.